The van der Waals surface area contributed by atoms with E-state index in [1.807, 2.05) is 0 Å². The number of nitrogens with one attached hydrogen (secondary N) is 2. The molecule has 1 aromatic rings. The van der Waals surface area contributed by atoms with Gasteiger partial charge in [-0.3, -0.25) is 4.79 Å². The number of ether oxygens (including phenoxy) is 1. The minimum atomic E-state index is -4.46. The zero-order chi connectivity index (χ0) is 17.9. The van der Waals surface area contributed by atoms with Gasteiger partial charge in [0.2, 0.25) is 0 Å². The third-order valence-electron chi connectivity index (χ3n) is 4.91. The quantitative estimate of drug-likeness (QED) is 0.827. The van der Waals surface area contributed by atoms with Crippen LogP contribution in [0.5, 0.6) is 0 Å². The fourth-order valence-corrected chi connectivity index (χ4v) is 3.45. The van der Waals surface area contributed by atoms with Crippen molar-refractivity contribution >= 4 is 18.3 Å². The molecule has 2 saturated heterocycles. The molecule has 2 fully saturated rings. The number of hydrogen-bond donors (Lipinski definition) is 2. The molecule has 2 heterocycles. The van der Waals surface area contributed by atoms with Crippen molar-refractivity contribution in [2.24, 2.45) is 0 Å². The molecule has 4 nitrogen and oxygen atoms in total. The summed E-state index contributed by atoms with van der Waals surface area (Å²) in [7, 11) is 0. The fourth-order valence-electron chi connectivity index (χ4n) is 3.45. The second-order valence-electron chi connectivity index (χ2n) is 6.73. The maximum Gasteiger partial charge on any atom is 0.416 e. The molecule has 0 unspecified atom stereocenters. The van der Waals surface area contributed by atoms with Crippen molar-refractivity contribution in [1.29, 1.82) is 0 Å². The van der Waals surface area contributed by atoms with Crippen LogP contribution in [0.1, 0.15) is 53.1 Å². The lowest BCUT2D eigenvalue weighted by Gasteiger charge is -2.25. The predicted octanol–water partition coefficient (Wildman–Crippen LogP) is 3.50. The van der Waals surface area contributed by atoms with Gasteiger partial charge in [0.25, 0.3) is 5.91 Å². The standard InChI is InChI=1S/C18H23F3N2O2.ClH/c19-18(20,21)15-10-13(12-1-5-22-6-2-12)9-14(11-15)17(24)23-16-3-7-25-8-4-16;/h9-12,16,22H,1-8H2,(H,23,24);1H. The number of alkyl halides is 3. The molecular weight excluding hydrogens is 369 g/mol. The van der Waals surface area contributed by atoms with E-state index in [1.165, 1.54) is 6.07 Å². The lowest BCUT2D eigenvalue weighted by atomic mass is 9.88. The molecule has 0 spiro atoms. The highest BCUT2D eigenvalue weighted by Crippen LogP contribution is 2.34. The van der Waals surface area contributed by atoms with Crippen LogP contribution in [0.15, 0.2) is 18.2 Å². The van der Waals surface area contributed by atoms with Gasteiger partial charge in [-0.05, 0) is 68.5 Å². The first kappa shape index (κ1) is 21.0. The fraction of sp³-hybridized carbons (Fsp3) is 0.611. The molecule has 0 atom stereocenters. The topological polar surface area (TPSA) is 50.4 Å². The van der Waals surface area contributed by atoms with Gasteiger partial charge in [-0.1, -0.05) is 0 Å². The Hall–Kier alpha value is -1.31. The molecule has 3 rings (SSSR count). The smallest absolute Gasteiger partial charge is 0.381 e. The van der Waals surface area contributed by atoms with E-state index in [2.05, 4.69) is 10.6 Å². The van der Waals surface area contributed by atoms with Gasteiger partial charge in [-0.25, -0.2) is 0 Å². The summed E-state index contributed by atoms with van der Waals surface area (Å²) >= 11 is 0. The highest BCUT2D eigenvalue weighted by Gasteiger charge is 2.33. The van der Waals surface area contributed by atoms with Crippen LogP contribution in [-0.4, -0.2) is 38.3 Å². The average Bonchev–Trinajstić information content (AvgIpc) is 2.62. The SMILES string of the molecule is Cl.O=C(NC1CCOCC1)c1cc(C2CCNCC2)cc(C(F)(F)F)c1. The molecule has 8 heteroatoms. The third kappa shape index (κ3) is 5.34. The second kappa shape index (κ2) is 9.06. The van der Waals surface area contributed by atoms with Crippen molar-refractivity contribution in [1.82, 2.24) is 10.6 Å². The van der Waals surface area contributed by atoms with Gasteiger partial charge in [0.15, 0.2) is 0 Å². The summed E-state index contributed by atoms with van der Waals surface area (Å²) in [6.07, 6.45) is -1.53. The van der Waals surface area contributed by atoms with Crippen molar-refractivity contribution in [3.8, 4) is 0 Å². The van der Waals surface area contributed by atoms with Gasteiger partial charge in [-0.15, -0.1) is 12.4 Å². The summed E-state index contributed by atoms with van der Waals surface area (Å²) in [5.41, 5.74) is -0.0519. The third-order valence-corrected chi connectivity index (χ3v) is 4.91. The lowest BCUT2D eigenvalue weighted by Crippen LogP contribution is -2.39. The average molecular weight is 393 g/mol. The number of piperidine rings is 1. The van der Waals surface area contributed by atoms with E-state index < -0.39 is 17.6 Å². The molecule has 0 radical (unpaired) electrons. The first-order valence-electron chi connectivity index (χ1n) is 8.75. The zero-order valence-electron chi connectivity index (χ0n) is 14.4. The summed E-state index contributed by atoms with van der Waals surface area (Å²) in [5.74, 6) is -0.383. The van der Waals surface area contributed by atoms with Gasteiger partial charge < -0.3 is 15.4 Å². The van der Waals surface area contributed by atoms with Crippen molar-refractivity contribution in [2.45, 2.75) is 43.8 Å². The minimum Gasteiger partial charge on any atom is -0.381 e. The van der Waals surface area contributed by atoms with E-state index in [0.29, 0.717) is 31.6 Å². The van der Waals surface area contributed by atoms with Crippen LogP contribution in [0, 0.1) is 0 Å². The van der Waals surface area contributed by atoms with Crippen molar-refractivity contribution in [3.05, 3.63) is 34.9 Å². The normalized spacial score (nSPS) is 19.7. The summed E-state index contributed by atoms with van der Waals surface area (Å²) in [6.45, 7) is 2.69. The van der Waals surface area contributed by atoms with Gasteiger partial charge in [0.05, 0.1) is 5.56 Å². The largest absolute Gasteiger partial charge is 0.416 e. The van der Waals surface area contributed by atoms with Gasteiger partial charge in [-0.2, -0.15) is 13.2 Å². The first-order chi connectivity index (χ1) is 11.9. The van der Waals surface area contributed by atoms with Gasteiger partial charge >= 0.3 is 6.18 Å². The highest BCUT2D eigenvalue weighted by atomic mass is 35.5. The maximum absolute atomic E-state index is 13.3. The molecule has 0 saturated carbocycles. The Labute approximate surface area is 157 Å². The molecule has 0 bridgehead atoms. The molecule has 26 heavy (non-hydrogen) atoms. The van der Waals surface area contributed by atoms with E-state index in [0.717, 1.165) is 32.0 Å². The molecular formula is C18H24ClF3N2O2. The minimum absolute atomic E-state index is 0. The lowest BCUT2D eigenvalue weighted by molar-refractivity contribution is -0.137. The molecule has 2 aliphatic heterocycles. The summed E-state index contributed by atoms with van der Waals surface area (Å²) in [4.78, 5) is 12.5. The highest BCUT2D eigenvalue weighted by molar-refractivity contribution is 5.94. The molecule has 146 valence electrons. The summed E-state index contributed by atoms with van der Waals surface area (Å²) in [5, 5.41) is 6.05. The molecule has 0 aliphatic carbocycles. The van der Waals surface area contributed by atoms with Crippen molar-refractivity contribution < 1.29 is 22.7 Å². The van der Waals surface area contributed by atoms with E-state index in [-0.39, 0.29) is 29.9 Å². The molecule has 2 N–H and O–H groups in total. The number of amides is 1. The van der Waals surface area contributed by atoms with Crippen LogP contribution < -0.4 is 10.6 Å². The Morgan fingerprint density at radius 3 is 2.35 bits per heavy atom. The number of carbonyl (C=O) groups is 1. The van der Waals surface area contributed by atoms with Crippen molar-refractivity contribution in [2.75, 3.05) is 26.3 Å². The van der Waals surface area contributed by atoms with E-state index in [1.54, 1.807) is 6.07 Å². The molecule has 1 aromatic carbocycles. The van der Waals surface area contributed by atoms with E-state index in [4.69, 9.17) is 4.74 Å². The predicted molar refractivity (Wildman–Crippen MR) is 94.8 cm³/mol. The van der Waals surface area contributed by atoms with Crippen LogP contribution in [0.4, 0.5) is 13.2 Å². The Kier molecular flexibility index (Phi) is 7.32. The summed E-state index contributed by atoms with van der Waals surface area (Å²) < 4.78 is 45.1. The number of benzene rings is 1. The zero-order valence-corrected chi connectivity index (χ0v) is 15.2. The Bertz CT molecular complexity index is 613. The van der Waals surface area contributed by atoms with Crippen LogP contribution >= 0.6 is 12.4 Å². The van der Waals surface area contributed by atoms with E-state index in [9.17, 15) is 18.0 Å². The first-order valence-corrected chi connectivity index (χ1v) is 8.75. The number of carbonyl (C=O) groups excluding carboxylic acids is 1. The van der Waals surface area contributed by atoms with Crippen LogP contribution in [0.2, 0.25) is 0 Å². The summed E-state index contributed by atoms with van der Waals surface area (Å²) in [6, 6.07) is 3.73. The van der Waals surface area contributed by atoms with Crippen LogP contribution in [-0.2, 0) is 10.9 Å². The molecule has 0 aromatic heterocycles. The maximum atomic E-state index is 13.3. The Morgan fingerprint density at radius 2 is 1.73 bits per heavy atom. The monoisotopic (exact) mass is 392 g/mol. The van der Waals surface area contributed by atoms with Crippen molar-refractivity contribution in [3.63, 3.8) is 0 Å². The second-order valence-corrected chi connectivity index (χ2v) is 6.73. The van der Waals surface area contributed by atoms with Crippen LogP contribution in [0.3, 0.4) is 0 Å². The number of rotatable bonds is 3. The van der Waals surface area contributed by atoms with Gasteiger partial charge in [0, 0.05) is 24.8 Å². The van der Waals surface area contributed by atoms with Crippen LogP contribution in [0.25, 0.3) is 0 Å². The number of halogens is 4. The Morgan fingerprint density at radius 1 is 1.08 bits per heavy atom. The van der Waals surface area contributed by atoms with E-state index >= 15 is 0 Å². The van der Waals surface area contributed by atoms with Gasteiger partial charge in [0.1, 0.15) is 0 Å². The molecule has 1 amide bonds. The molecule has 2 aliphatic rings. The Balaban J connectivity index is 0.00000243. The number of hydrogen-bond acceptors (Lipinski definition) is 3.